The molecule has 36 heavy (non-hydrogen) atoms. The van der Waals surface area contributed by atoms with Crippen LogP contribution in [-0.4, -0.2) is 67.4 Å². The van der Waals surface area contributed by atoms with Gasteiger partial charge in [-0.3, -0.25) is 13.9 Å². The Hall–Kier alpha value is -3.05. The quantitative estimate of drug-likeness (QED) is 0.509. The molecule has 1 unspecified atom stereocenters. The van der Waals surface area contributed by atoms with Crippen molar-refractivity contribution in [3.8, 4) is 5.75 Å². The number of carbonyl (C=O) groups is 1. The third-order valence-electron chi connectivity index (χ3n) is 6.81. The standard InChI is InChI=1S/C26H28N2O6S2/c1-34-20-12-10-19(11-13-20)27-14-16-28(17-15-27)26(29)22-8-5-9-23-25(22)24(18-35(23,30)31)36(32,33)21-6-3-2-4-7-21/h2-13,24,30-31H,14-18H2,1H3. The van der Waals surface area contributed by atoms with Gasteiger partial charge in [0.25, 0.3) is 5.91 Å². The van der Waals surface area contributed by atoms with Crippen molar-refractivity contribution in [2.24, 2.45) is 0 Å². The summed E-state index contributed by atoms with van der Waals surface area (Å²) in [6.07, 6.45) is 0. The molecule has 0 spiro atoms. The van der Waals surface area contributed by atoms with Crippen molar-refractivity contribution in [2.75, 3.05) is 43.9 Å². The first-order valence-corrected chi connectivity index (χ1v) is 14.8. The molecule has 0 aliphatic carbocycles. The highest BCUT2D eigenvalue weighted by Crippen LogP contribution is 2.62. The first-order chi connectivity index (χ1) is 17.2. The Morgan fingerprint density at radius 3 is 2.22 bits per heavy atom. The number of methoxy groups -OCH3 is 1. The van der Waals surface area contributed by atoms with E-state index in [1.54, 1.807) is 42.3 Å². The van der Waals surface area contributed by atoms with Gasteiger partial charge in [-0.05, 0) is 48.5 Å². The summed E-state index contributed by atoms with van der Waals surface area (Å²) in [5.74, 6) is 0.123. The van der Waals surface area contributed by atoms with Crippen LogP contribution in [-0.2, 0) is 9.84 Å². The van der Waals surface area contributed by atoms with E-state index in [2.05, 4.69) is 4.90 Å². The molecule has 0 saturated carbocycles. The molecule has 190 valence electrons. The van der Waals surface area contributed by atoms with E-state index in [1.807, 2.05) is 24.3 Å². The Balaban J connectivity index is 1.42. The van der Waals surface area contributed by atoms with E-state index in [-0.39, 0.29) is 32.6 Å². The summed E-state index contributed by atoms with van der Waals surface area (Å²) in [6, 6.07) is 20.4. The minimum Gasteiger partial charge on any atom is -0.497 e. The van der Waals surface area contributed by atoms with Gasteiger partial charge in [0.15, 0.2) is 9.84 Å². The molecule has 1 atom stereocenters. The minimum atomic E-state index is -3.95. The van der Waals surface area contributed by atoms with Crippen LogP contribution in [0.2, 0.25) is 0 Å². The summed E-state index contributed by atoms with van der Waals surface area (Å²) in [5.41, 5.74) is 1.46. The molecule has 3 aromatic rings. The molecular formula is C26H28N2O6S2. The molecule has 2 N–H and O–H groups in total. The molecule has 3 aromatic carbocycles. The summed E-state index contributed by atoms with van der Waals surface area (Å²) in [5, 5.41) is -1.21. The molecule has 0 aromatic heterocycles. The van der Waals surface area contributed by atoms with Crippen LogP contribution in [0.4, 0.5) is 5.69 Å². The van der Waals surface area contributed by atoms with Crippen LogP contribution in [0, 0.1) is 0 Å². The van der Waals surface area contributed by atoms with E-state index in [0.717, 1.165) is 11.4 Å². The summed E-state index contributed by atoms with van der Waals surface area (Å²) in [4.78, 5) is 17.8. The predicted molar refractivity (Wildman–Crippen MR) is 140 cm³/mol. The van der Waals surface area contributed by atoms with Crippen molar-refractivity contribution < 1.29 is 27.1 Å². The fourth-order valence-corrected chi connectivity index (χ4v) is 9.34. The van der Waals surface area contributed by atoms with Gasteiger partial charge < -0.3 is 14.5 Å². The SMILES string of the molecule is COc1ccc(N2CCN(C(=O)c3cccc4c3C(S(=O)(=O)c3ccccc3)CS4(O)O)CC2)cc1. The number of piperazine rings is 1. The van der Waals surface area contributed by atoms with E-state index in [9.17, 15) is 22.3 Å². The average molecular weight is 529 g/mol. The third kappa shape index (κ3) is 4.34. The van der Waals surface area contributed by atoms with Crippen LogP contribution in [0.5, 0.6) is 5.75 Å². The van der Waals surface area contributed by atoms with Crippen LogP contribution in [0.3, 0.4) is 0 Å². The molecule has 2 heterocycles. The van der Waals surface area contributed by atoms with Gasteiger partial charge >= 0.3 is 0 Å². The maximum absolute atomic E-state index is 13.6. The largest absolute Gasteiger partial charge is 0.497 e. The van der Waals surface area contributed by atoms with Crippen molar-refractivity contribution >= 4 is 32.0 Å². The number of benzene rings is 3. The number of anilines is 1. The van der Waals surface area contributed by atoms with Crippen LogP contribution >= 0.6 is 10.6 Å². The molecule has 10 heteroatoms. The smallest absolute Gasteiger partial charge is 0.254 e. The Bertz CT molecular complexity index is 1370. The predicted octanol–water partition coefficient (Wildman–Crippen LogP) is 4.30. The molecule has 1 saturated heterocycles. The number of nitrogens with zero attached hydrogens (tertiary/aromatic N) is 2. The number of carbonyl (C=O) groups excluding carboxylic acids is 1. The lowest BCUT2D eigenvalue weighted by Crippen LogP contribution is -2.49. The fourth-order valence-electron chi connectivity index (χ4n) is 4.88. The number of sulfone groups is 1. The van der Waals surface area contributed by atoms with Crippen molar-refractivity contribution in [3.05, 3.63) is 83.9 Å². The minimum absolute atomic E-state index is 0.0911. The summed E-state index contributed by atoms with van der Waals surface area (Å²) >= 11 is 0. The summed E-state index contributed by atoms with van der Waals surface area (Å²) < 4.78 is 53.8. The van der Waals surface area contributed by atoms with Crippen molar-refractivity contribution in [3.63, 3.8) is 0 Å². The molecule has 2 aliphatic rings. The number of amides is 1. The van der Waals surface area contributed by atoms with Crippen molar-refractivity contribution in [1.29, 1.82) is 0 Å². The highest BCUT2D eigenvalue weighted by atomic mass is 32.3. The van der Waals surface area contributed by atoms with Gasteiger partial charge in [-0.25, -0.2) is 8.42 Å². The lowest BCUT2D eigenvalue weighted by Gasteiger charge is -2.36. The summed E-state index contributed by atoms with van der Waals surface area (Å²) in [6.45, 7) is 2.16. The van der Waals surface area contributed by atoms with E-state index in [0.29, 0.717) is 26.2 Å². The zero-order valence-corrected chi connectivity index (χ0v) is 21.4. The molecule has 8 nitrogen and oxygen atoms in total. The van der Waals surface area contributed by atoms with E-state index < -0.39 is 25.7 Å². The molecule has 5 rings (SSSR count). The van der Waals surface area contributed by atoms with Crippen LogP contribution in [0.25, 0.3) is 0 Å². The Morgan fingerprint density at radius 2 is 1.58 bits per heavy atom. The van der Waals surface area contributed by atoms with Crippen LogP contribution in [0.15, 0.2) is 82.6 Å². The zero-order chi connectivity index (χ0) is 25.5. The van der Waals surface area contributed by atoms with Crippen molar-refractivity contribution in [1.82, 2.24) is 4.90 Å². The highest BCUT2D eigenvalue weighted by Gasteiger charge is 2.45. The average Bonchev–Trinajstić information content (AvgIpc) is 3.20. The second-order valence-corrected chi connectivity index (χ2v) is 13.1. The molecule has 1 amide bonds. The molecule has 1 fully saturated rings. The number of ether oxygens (including phenoxy) is 1. The second-order valence-electron chi connectivity index (χ2n) is 8.87. The van der Waals surface area contributed by atoms with E-state index in [4.69, 9.17) is 4.74 Å². The highest BCUT2D eigenvalue weighted by molar-refractivity contribution is 8.25. The Kier molecular flexibility index (Phi) is 6.46. The van der Waals surface area contributed by atoms with Gasteiger partial charge in [-0.15, -0.1) is 0 Å². The first-order valence-electron chi connectivity index (χ1n) is 11.6. The Labute approximate surface area is 212 Å². The van der Waals surface area contributed by atoms with Gasteiger partial charge in [-0.1, -0.05) is 24.3 Å². The van der Waals surface area contributed by atoms with Gasteiger partial charge in [0.05, 0.1) is 22.7 Å². The maximum Gasteiger partial charge on any atom is 0.254 e. The van der Waals surface area contributed by atoms with Crippen LogP contribution in [0.1, 0.15) is 21.2 Å². The van der Waals surface area contributed by atoms with Crippen molar-refractivity contribution in [2.45, 2.75) is 15.0 Å². The normalized spacial score (nSPS) is 20.0. The number of hydrogen-bond donors (Lipinski definition) is 2. The molecule has 0 radical (unpaired) electrons. The Morgan fingerprint density at radius 1 is 0.917 bits per heavy atom. The fraction of sp³-hybridized carbons (Fsp3) is 0.269. The first kappa shape index (κ1) is 24.6. The monoisotopic (exact) mass is 528 g/mol. The summed E-state index contributed by atoms with van der Waals surface area (Å²) in [7, 11) is -5.68. The van der Waals surface area contributed by atoms with Gasteiger partial charge in [-0.2, -0.15) is 10.6 Å². The number of rotatable bonds is 5. The lowest BCUT2D eigenvalue weighted by atomic mass is 10.0. The topological polar surface area (TPSA) is 107 Å². The van der Waals surface area contributed by atoms with Gasteiger partial charge in [0.2, 0.25) is 0 Å². The molecule has 0 bridgehead atoms. The van der Waals surface area contributed by atoms with E-state index in [1.165, 1.54) is 18.2 Å². The van der Waals surface area contributed by atoms with E-state index >= 15 is 0 Å². The van der Waals surface area contributed by atoms with Gasteiger partial charge in [0.1, 0.15) is 11.0 Å². The second kappa shape index (κ2) is 9.44. The number of fused-ring (bicyclic) bond motifs is 1. The van der Waals surface area contributed by atoms with Crippen LogP contribution < -0.4 is 9.64 Å². The number of hydrogen-bond acceptors (Lipinski definition) is 7. The van der Waals surface area contributed by atoms with Gasteiger partial charge in [0, 0.05) is 43.0 Å². The molecular weight excluding hydrogens is 500 g/mol. The lowest BCUT2D eigenvalue weighted by molar-refractivity contribution is 0.0745. The third-order valence-corrected chi connectivity index (χ3v) is 11.0. The maximum atomic E-state index is 13.6. The zero-order valence-electron chi connectivity index (χ0n) is 19.8. The molecule has 2 aliphatic heterocycles.